The maximum Gasteiger partial charge on any atom is 0.332 e. The summed E-state index contributed by atoms with van der Waals surface area (Å²) in [5, 5.41) is 22.9. The molecule has 2 N–H and O–H groups in total. The van der Waals surface area contributed by atoms with E-state index in [-0.39, 0.29) is 18.2 Å². The molecule has 1 fully saturated rings. The molecular formula is C11H17N5O4. The second-order valence-electron chi connectivity index (χ2n) is 4.31. The first-order valence-corrected chi connectivity index (χ1v) is 6.34. The summed E-state index contributed by atoms with van der Waals surface area (Å²) in [6, 6.07) is 0. The Morgan fingerprint density at radius 2 is 2.15 bits per heavy atom. The van der Waals surface area contributed by atoms with Gasteiger partial charge >= 0.3 is 5.69 Å². The van der Waals surface area contributed by atoms with Crippen LogP contribution in [0.15, 0.2) is 0 Å². The molecule has 1 saturated heterocycles. The van der Waals surface area contributed by atoms with Crippen LogP contribution < -0.4 is 10.2 Å². The van der Waals surface area contributed by atoms with Crippen LogP contribution in [0.2, 0.25) is 0 Å². The minimum absolute atomic E-state index is 0.0632. The molecule has 110 valence electrons. The van der Waals surface area contributed by atoms with Gasteiger partial charge in [-0.25, -0.2) is 4.98 Å². The van der Waals surface area contributed by atoms with E-state index in [0.717, 1.165) is 0 Å². The Balaban J connectivity index is 2.38. The van der Waals surface area contributed by atoms with Crippen molar-refractivity contribution in [3.8, 4) is 0 Å². The van der Waals surface area contributed by atoms with Gasteiger partial charge in [-0.3, -0.25) is 10.1 Å². The number of aliphatic hydroxyl groups excluding tert-OH is 1. The van der Waals surface area contributed by atoms with Gasteiger partial charge < -0.3 is 20.1 Å². The topological polar surface area (TPSA) is 114 Å². The van der Waals surface area contributed by atoms with Gasteiger partial charge in [-0.1, -0.05) is 0 Å². The maximum atomic E-state index is 11.2. The monoisotopic (exact) mass is 283 g/mol. The molecule has 1 aromatic heterocycles. The smallest absolute Gasteiger partial charge is 0.332 e. The summed E-state index contributed by atoms with van der Waals surface area (Å²) in [5.74, 6) is 0.579. The Morgan fingerprint density at radius 1 is 1.45 bits per heavy atom. The molecule has 1 aliphatic heterocycles. The summed E-state index contributed by atoms with van der Waals surface area (Å²) in [5.41, 5.74) is 0.216. The molecule has 1 aromatic rings. The van der Waals surface area contributed by atoms with E-state index in [1.807, 2.05) is 4.90 Å². The van der Waals surface area contributed by atoms with Crippen molar-refractivity contribution in [2.45, 2.75) is 6.92 Å². The number of nitrogens with zero attached hydrogens (tertiary/aromatic N) is 4. The number of hydrogen-bond donors (Lipinski definition) is 2. The third-order valence-corrected chi connectivity index (χ3v) is 2.93. The number of rotatable bonds is 5. The molecule has 1 aliphatic rings. The molecule has 0 aromatic carbocycles. The summed E-state index contributed by atoms with van der Waals surface area (Å²) >= 11 is 0. The second kappa shape index (κ2) is 6.44. The second-order valence-corrected chi connectivity index (χ2v) is 4.31. The van der Waals surface area contributed by atoms with Gasteiger partial charge in [0.2, 0.25) is 11.8 Å². The summed E-state index contributed by atoms with van der Waals surface area (Å²) in [7, 11) is 0. The SMILES string of the molecule is Cc1nc(NCCO)nc(N2CCOCC2)c1[N+](=O)[O-]. The average molecular weight is 283 g/mol. The Kier molecular flexibility index (Phi) is 4.64. The number of morpholine rings is 1. The van der Waals surface area contributed by atoms with Crippen LogP contribution in [0.25, 0.3) is 0 Å². The van der Waals surface area contributed by atoms with Crippen LogP contribution in [0, 0.1) is 17.0 Å². The van der Waals surface area contributed by atoms with Crippen molar-refractivity contribution in [1.82, 2.24) is 9.97 Å². The van der Waals surface area contributed by atoms with E-state index in [1.165, 1.54) is 0 Å². The molecule has 2 rings (SSSR count). The van der Waals surface area contributed by atoms with Crippen molar-refractivity contribution in [2.75, 3.05) is 49.7 Å². The fraction of sp³-hybridized carbons (Fsp3) is 0.636. The van der Waals surface area contributed by atoms with Gasteiger partial charge in [0.15, 0.2) is 0 Å². The largest absolute Gasteiger partial charge is 0.395 e. The lowest BCUT2D eigenvalue weighted by molar-refractivity contribution is -0.385. The van der Waals surface area contributed by atoms with Crippen molar-refractivity contribution in [3.05, 3.63) is 15.8 Å². The first kappa shape index (κ1) is 14.4. The molecular weight excluding hydrogens is 266 g/mol. The minimum Gasteiger partial charge on any atom is -0.395 e. The highest BCUT2D eigenvalue weighted by Crippen LogP contribution is 2.30. The lowest BCUT2D eigenvalue weighted by atomic mass is 10.3. The molecule has 0 spiro atoms. The van der Waals surface area contributed by atoms with E-state index in [9.17, 15) is 10.1 Å². The molecule has 2 heterocycles. The lowest BCUT2D eigenvalue weighted by Gasteiger charge is -2.27. The fourth-order valence-electron chi connectivity index (χ4n) is 2.01. The number of ether oxygens (including phenoxy) is 1. The number of hydrogen-bond acceptors (Lipinski definition) is 8. The van der Waals surface area contributed by atoms with Crippen LogP contribution in [-0.4, -0.2) is 59.5 Å². The Bertz CT molecular complexity index is 490. The van der Waals surface area contributed by atoms with Gasteiger partial charge in [0.05, 0.1) is 24.7 Å². The van der Waals surface area contributed by atoms with Crippen molar-refractivity contribution in [2.24, 2.45) is 0 Å². The zero-order valence-corrected chi connectivity index (χ0v) is 11.2. The number of nitro groups is 1. The molecule has 0 unspecified atom stereocenters. The normalized spacial score (nSPS) is 15.2. The van der Waals surface area contributed by atoms with E-state index >= 15 is 0 Å². The average Bonchev–Trinajstić information content (AvgIpc) is 2.45. The maximum absolute atomic E-state index is 11.2. The summed E-state index contributed by atoms with van der Waals surface area (Å²) in [4.78, 5) is 20.8. The van der Waals surface area contributed by atoms with E-state index in [4.69, 9.17) is 9.84 Å². The van der Waals surface area contributed by atoms with Crippen LogP contribution in [-0.2, 0) is 4.74 Å². The van der Waals surface area contributed by atoms with E-state index < -0.39 is 4.92 Å². The Labute approximate surface area is 115 Å². The Hall–Kier alpha value is -2.00. The highest BCUT2D eigenvalue weighted by atomic mass is 16.6. The molecule has 0 saturated carbocycles. The van der Waals surface area contributed by atoms with Gasteiger partial charge in [-0.05, 0) is 6.92 Å². The molecule has 9 nitrogen and oxygen atoms in total. The molecule has 0 radical (unpaired) electrons. The van der Waals surface area contributed by atoms with Crippen LogP contribution >= 0.6 is 0 Å². The molecule has 0 amide bonds. The number of aromatic nitrogens is 2. The Morgan fingerprint density at radius 3 is 2.75 bits per heavy atom. The standard InChI is InChI=1S/C11H17N5O4/c1-8-9(16(18)19)10(15-3-6-20-7-4-15)14-11(13-8)12-2-5-17/h17H,2-7H2,1H3,(H,12,13,14). The van der Waals surface area contributed by atoms with Gasteiger partial charge in [-0.15, -0.1) is 0 Å². The molecule has 20 heavy (non-hydrogen) atoms. The zero-order chi connectivity index (χ0) is 14.5. The number of aliphatic hydroxyl groups is 1. The predicted octanol–water partition coefficient (Wildman–Crippen LogP) is -0.0660. The van der Waals surface area contributed by atoms with Crippen molar-refractivity contribution in [1.29, 1.82) is 0 Å². The molecule has 9 heteroatoms. The highest BCUT2D eigenvalue weighted by Gasteiger charge is 2.27. The first-order valence-electron chi connectivity index (χ1n) is 6.34. The predicted molar refractivity (Wildman–Crippen MR) is 72.0 cm³/mol. The van der Waals surface area contributed by atoms with Gasteiger partial charge in [0, 0.05) is 19.6 Å². The van der Waals surface area contributed by atoms with Gasteiger partial charge in [-0.2, -0.15) is 4.98 Å². The van der Waals surface area contributed by atoms with Crippen LogP contribution in [0.1, 0.15) is 5.69 Å². The van der Waals surface area contributed by atoms with Crippen LogP contribution in [0.3, 0.4) is 0 Å². The van der Waals surface area contributed by atoms with E-state index in [2.05, 4.69) is 15.3 Å². The number of anilines is 2. The van der Waals surface area contributed by atoms with Crippen molar-refractivity contribution >= 4 is 17.5 Å². The van der Waals surface area contributed by atoms with E-state index in [1.54, 1.807) is 6.92 Å². The van der Waals surface area contributed by atoms with Gasteiger partial charge in [0.25, 0.3) is 0 Å². The highest BCUT2D eigenvalue weighted by molar-refractivity contribution is 5.62. The third-order valence-electron chi connectivity index (χ3n) is 2.93. The summed E-state index contributed by atoms with van der Waals surface area (Å²) < 4.78 is 5.24. The quantitative estimate of drug-likeness (QED) is 0.570. The first-order chi connectivity index (χ1) is 9.63. The summed E-state index contributed by atoms with van der Waals surface area (Å²) in [6.45, 7) is 3.94. The lowest BCUT2D eigenvalue weighted by Crippen LogP contribution is -2.37. The number of aryl methyl sites for hydroxylation is 1. The fourth-order valence-corrected chi connectivity index (χ4v) is 2.01. The molecule has 0 atom stereocenters. The van der Waals surface area contributed by atoms with Crippen LogP contribution in [0.4, 0.5) is 17.5 Å². The third kappa shape index (κ3) is 3.11. The van der Waals surface area contributed by atoms with Crippen molar-refractivity contribution in [3.63, 3.8) is 0 Å². The van der Waals surface area contributed by atoms with Gasteiger partial charge in [0.1, 0.15) is 5.69 Å². The molecule has 0 aliphatic carbocycles. The summed E-state index contributed by atoms with van der Waals surface area (Å²) in [6.07, 6.45) is 0. The van der Waals surface area contributed by atoms with Crippen molar-refractivity contribution < 1.29 is 14.8 Å². The number of nitrogens with one attached hydrogen (secondary N) is 1. The van der Waals surface area contributed by atoms with Crippen LogP contribution in [0.5, 0.6) is 0 Å². The molecule has 0 bridgehead atoms. The zero-order valence-electron chi connectivity index (χ0n) is 11.2. The minimum atomic E-state index is -0.462. The van der Waals surface area contributed by atoms with E-state index in [0.29, 0.717) is 44.4 Å².